The van der Waals surface area contributed by atoms with Gasteiger partial charge in [0.1, 0.15) is 0 Å². The van der Waals surface area contributed by atoms with Gasteiger partial charge in [-0.3, -0.25) is 19.7 Å². The lowest BCUT2D eigenvalue weighted by atomic mass is 10.3. The van der Waals surface area contributed by atoms with Gasteiger partial charge in [-0.1, -0.05) is 0 Å². The third-order valence-corrected chi connectivity index (χ3v) is 3.31. The van der Waals surface area contributed by atoms with E-state index in [2.05, 4.69) is 10.1 Å². The molecule has 8 heteroatoms. The van der Waals surface area contributed by atoms with Crippen LogP contribution in [0.4, 0.5) is 5.69 Å². The van der Waals surface area contributed by atoms with Crippen LogP contribution in [0, 0.1) is 10.1 Å². The number of amides is 1. The van der Waals surface area contributed by atoms with Crippen LogP contribution in [0.15, 0.2) is 29.2 Å². The minimum Gasteiger partial charge on any atom is -0.469 e. The molecule has 0 fully saturated rings. The molecule has 1 aromatic rings. The summed E-state index contributed by atoms with van der Waals surface area (Å²) in [4.78, 5) is 33.1. The Hall–Kier alpha value is -2.09. The number of ether oxygens (including phenoxy) is 1. The van der Waals surface area contributed by atoms with Crippen LogP contribution < -0.4 is 5.32 Å². The van der Waals surface area contributed by atoms with E-state index in [1.165, 1.54) is 31.0 Å². The van der Waals surface area contributed by atoms with Gasteiger partial charge in [0.05, 0.1) is 24.2 Å². The number of non-ortho nitro benzene ring substituents is 1. The second-order valence-electron chi connectivity index (χ2n) is 3.72. The van der Waals surface area contributed by atoms with Crippen molar-refractivity contribution in [3.8, 4) is 0 Å². The molecule has 7 nitrogen and oxygen atoms in total. The lowest BCUT2D eigenvalue weighted by Gasteiger charge is -2.04. The van der Waals surface area contributed by atoms with Crippen molar-refractivity contribution in [1.82, 2.24) is 5.32 Å². The number of hydrogen-bond donors (Lipinski definition) is 1. The largest absolute Gasteiger partial charge is 0.469 e. The number of thioether (sulfide) groups is 1. The van der Waals surface area contributed by atoms with Gasteiger partial charge in [-0.25, -0.2) is 0 Å². The van der Waals surface area contributed by atoms with E-state index in [4.69, 9.17) is 0 Å². The van der Waals surface area contributed by atoms with E-state index in [1.54, 1.807) is 12.1 Å². The van der Waals surface area contributed by atoms with Crippen LogP contribution in [0.3, 0.4) is 0 Å². The molecule has 1 N–H and O–H groups in total. The van der Waals surface area contributed by atoms with Crippen LogP contribution in [-0.2, 0) is 14.3 Å². The van der Waals surface area contributed by atoms with Gasteiger partial charge in [-0.15, -0.1) is 11.8 Å². The van der Waals surface area contributed by atoms with Crippen molar-refractivity contribution in [2.45, 2.75) is 11.3 Å². The highest BCUT2D eigenvalue weighted by atomic mass is 32.2. The van der Waals surface area contributed by atoms with Crippen LogP contribution in [-0.4, -0.2) is 36.2 Å². The van der Waals surface area contributed by atoms with Crippen molar-refractivity contribution in [2.75, 3.05) is 19.4 Å². The first kappa shape index (κ1) is 16.0. The van der Waals surface area contributed by atoms with Crippen LogP contribution in [0.25, 0.3) is 0 Å². The number of benzene rings is 1. The second-order valence-corrected chi connectivity index (χ2v) is 4.76. The summed E-state index contributed by atoms with van der Waals surface area (Å²) in [5, 5.41) is 13.1. The van der Waals surface area contributed by atoms with Crippen LogP contribution in [0.5, 0.6) is 0 Å². The van der Waals surface area contributed by atoms with Crippen molar-refractivity contribution < 1.29 is 19.2 Å². The fourth-order valence-electron chi connectivity index (χ4n) is 1.27. The first-order chi connectivity index (χ1) is 9.52. The zero-order valence-electron chi connectivity index (χ0n) is 10.8. The summed E-state index contributed by atoms with van der Waals surface area (Å²) >= 11 is 1.26. The molecule has 1 aromatic carbocycles. The molecule has 0 unspecified atom stereocenters. The smallest absolute Gasteiger partial charge is 0.307 e. The maximum Gasteiger partial charge on any atom is 0.307 e. The molecular formula is C12H14N2O5S. The fourth-order valence-corrected chi connectivity index (χ4v) is 2.00. The van der Waals surface area contributed by atoms with Gasteiger partial charge in [0, 0.05) is 23.6 Å². The number of carbonyl (C=O) groups is 2. The Bertz CT molecular complexity index is 489. The normalized spacial score (nSPS) is 9.85. The number of nitrogens with one attached hydrogen (secondary N) is 1. The summed E-state index contributed by atoms with van der Waals surface area (Å²) in [6.45, 7) is 0.229. The van der Waals surface area contributed by atoms with E-state index in [9.17, 15) is 19.7 Å². The SMILES string of the molecule is COC(=O)CCNC(=O)CSc1ccc([N+](=O)[O-])cc1. The number of hydrogen-bond acceptors (Lipinski definition) is 6. The monoisotopic (exact) mass is 298 g/mol. The molecule has 0 aliphatic rings. The third kappa shape index (κ3) is 5.70. The topological polar surface area (TPSA) is 98.5 Å². The highest BCUT2D eigenvalue weighted by Crippen LogP contribution is 2.20. The van der Waals surface area contributed by atoms with Crippen LogP contribution in [0.2, 0.25) is 0 Å². The zero-order chi connectivity index (χ0) is 15.0. The summed E-state index contributed by atoms with van der Waals surface area (Å²) in [5.74, 6) is -0.413. The molecule has 0 aliphatic heterocycles. The Labute approximate surface area is 119 Å². The quantitative estimate of drug-likeness (QED) is 0.353. The number of nitro benzene ring substituents is 1. The Morgan fingerprint density at radius 3 is 2.55 bits per heavy atom. The van der Waals surface area contributed by atoms with Crippen molar-refractivity contribution in [3.63, 3.8) is 0 Å². The zero-order valence-corrected chi connectivity index (χ0v) is 11.6. The van der Waals surface area contributed by atoms with Crippen molar-refractivity contribution in [1.29, 1.82) is 0 Å². The summed E-state index contributed by atoms with van der Waals surface area (Å²) in [6, 6.07) is 5.95. The molecule has 0 radical (unpaired) electrons. The van der Waals surface area contributed by atoms with Crippen LogP contribution >= 0.6 is 11.8 Å². The van der Waals surface area contributed by atoms with E-state index < -0.39 is 4.92 Å². The van der Waals surface area contributed by atoms with E-state index in [0.717, 1.165) is 4.90 Å². The highest BCUT2D eigenvalue weighted by molar-refractivity contribution is 8.00. The van der Waals surface area contributed by atoms with Gasteiger partial charge in [0.15, 0.2) is 0 Å². The predicted molar refractivity (Wildman–Crippen MR) is 73.5 cm³/mol. The maximum absolute atomic E-state index is 11.5. The molecule has 0 heterocycles. The van der Waals surface area contributed by atoms with E-state index in [0.29, 0.717) is 0 Å². The summed E-state index contributed by atoms with van der Waals surface area (Å²) in [6.07, 6.45) is 0.129. The van der Waals surface area contributed by atoms with Gasteiger partial charge in [0.25, 0.3) is 5.69 Å². The number of nitro groups is 1. The Kier molecular flexibility index (Phi) is 6.51. The molecule has 0 saturated carbocycles. The lowest BCUT2D eigenvalue weighted by molar-refractivity contribution is -0.384. The number of methoxy groups -OCH3 is 1. The molecular weight excluding hydrogens is 284 g/mol. The van der Waals surface area contributed by atoms with Crippen LogP contribution in [0.1, 0.15) is 6.42 Å². The van der Waals surface area contributed by atoms with E-state index in [1.807, 2.05) is 0 Å². The molecule has 1 rings (SSSR count). The second kappa shape index (κ2) is 8.16. The van der Waals surface area contributed by atoms with Gasteiger partial charge in [0.2, 0.25) is 5.91 Å². The molecule has 0 aromatic heterocycles. The minimum absolute atomic E-state index is 0.0110. The summed E-state index contributed by atoms with van der Waals surface area (Å²) < 4.78 is 4.44. The summed E-state index contributed by atoms with van der Waals surface area (Å²) in [5.41, 5.74) is 0.0110. The lowest BCUT2D eigenvalue weighted by Crippen LogP contribution is -2.27. The van der Waals surface area contributed by atoms with Crippen molar-refractivity contribution >= 4 is 29.3 Å². The fraction of sp³-hybridized carbons (Fsp3) is 0.333. The first-order valence-electron chi connectivity index (χ1n) is 5.73. The first-order valence-corrected chi connectivity index (χ1v) is 6.72. The van der Waals surface area contributed by atoms with Gasteiger partial charge >= 0.3 is 5.97 Å². The number of carbonyl (C=O) groups excluding carboxylic acids is 2. The third-order valence-electron chi connectivity index (χ3n) is 2.30. The Morgan fingerprint density at radius 1 is 1.35 bits per heavy atom. The standard InChI is InChI=1S/C12H14N2O5S/c1-19-12(16)6-7-13-11(15)8-20-10-4-2-9(3-5-10)14(17)18/h2-5H,6-8H2,1H3,(H,13,15). The van der Waals surface area contributed by atoms with Gasteiger partial charge < -0.3 is 10.1 Å². The molecule has 108 valence electrons. The van der Waals surface area contributed by atoms with E-state index >= 15 is 0 Å². The van der Waals surface area contributed by atoms with Gasteiger partial charge in [-0.05, 0) is 12.1 Å². The number of esters is 1. The predicted octanol–water partition coefficient (Wildman–Crippen LogP) is 1.37. The average molecular weight is 298 g/mol. The van der Waals surface area contributed by atoms with Crippen molar-refractivity contribution in [2.24, 2.45) is 0 Å². The molecule has 1 amide bonds. The molecule has 0 bridgehead atoms. The molecule has 0 aliphatic carbocycles. The Balaban J connectivity index is 2.30. The molecule has 20 heavy (non-hydrogen) atoms. The van der Waals surface area contributed by atoms with E-state index in [-0.39, 0.29) is 36.3 Å². The summed E-state index contributed by atoms with van der Waals surface area (Å²) in [7, 11) is 1.29. The number of rotatable bonds is 7. The van der Waals surface area contributed by atoms with Gasteiger partial charge in [-0.2, -0.15) is 0 Å². The average Bonchev–Trinajstić information content (AvgIpc) is 2.45. The minimum atomic E-state index is -0.478. The maximum atomic E-state index is 11.5. The number of nitrogens with zero attached hydrogens (tertiary/aromatic N) is 1. The van der Waals surface area contributed by atoms with Crippen molar-refractivity contribution in [3.05, 3.63) is 34.4 Å². The molecule has 0 spiro atoms. The molecule has 0 atom stereocenters. The molecule has 0 saturated heterocycles. The Morgan fingerprint density at radius 2 is 2.00 bits per heavy atom. The highest BCUT2D eigenvalue weighted by Gasteiger charge is 2.07.